The molecule has 0 atom stereocenters. The molecule has 4 heterocycles. The SMILES string of the molecule is c1ccc(N2c3cccc4c3B(c3cccc5c3N4c3ccccc3[Si]5(c3ccccc3)c3ccccc3)c3c2oc2ccccc32)cc1. The van der Waals surface area contributed by atoms with Gasteiger partial charge in [0.15, 0.2) is 8.07 Å². The fourth-order valence-electron chi connectivity index (χ4n) is 9.14. The molecule has 0 spiro atoms. The van der Waals surface area contributed by atoms with E-state index in [1.165, 1.54) is 59.6 Å². The monoisotopic (exact) mass is 640 g/mol. The van der Waals surface area contributed by atoms with Crippen molar-refractivity contribution in [2.75, 3.05) is 9.80 Å². The number of anilines is 6. The maximum absolute atomic E-state index is 6.88. The van der Waals surface area contributed by atoms with Gasteiger partial charge in [0.05, 0.1) is 0 Å². The third-order valence-corrected chi connectivity index (χ3v) is 15.8. The molecule has 0 saturated heterocycles. The average Bonchev–Trinajstić information content (AvgIpc) is 3.56. The van der Waals surface area contributed by atoms with Crippen LogP contribution < -0.4 is 46.9 Å². The Morgan fingerprint density at radius 1 is 0.449 bits per heavy atom. The highest BCUT2D eigenvalue weighted by Gasteiger charge is 2.54. The summed E-state index contributed by atoms with van der Waals surface area (Å²) >= 11 is 0. The second kappa shape index (κ2) is 9.99. The van der Waals surface area contributed by atoms with E-state index in [2.05, 4.69) is 186 Å². The predicted molar refractivity (Wildman–Crippen MR) is 207 cm³/mol. The van der Waals surface area contributed by atoms with Gasteiger partial charge in [0.2, 0.25) is 5.88 Å². The van der Waals surface area contributed by atoms with E-state index in [1.807, 2.05) is 0 Å². The zero-order valence-corrected chi connectivity index (χ0v) is 27.6. The second-order valence-electron chi connectivity index (χ2n) is 13.2. The summed E-state index contributed by atoms with van der Waals surface area (Å²) in [5, 5.41) is 6.81. The zero-order chi connectivity index (χ0) is 32.1. The molecule has 0 aliphatic carbocycles. The number of hydrogen-bond acceptors (Lipinski definition) is 3. The van der Waals surface area contributed by atoms with Crippen molar-refractivity contribution in [3.63, 3.8) is 0 Å². The summed E-state index contributed by atoms with van der Waals surface area (Å²) in [5.41, 5.74) is 10.9. The summed E-state index contributed by atoms with van der Waals surface area (Å²) in [6.45, 7) is -0.000443. The lowest BCUT2D eigenvalue weighted by Gasteiger charge is -2.50. The average molecular weight is 641 g/mol. The van der Waals surface area contributed by atoms with Crippen molar-refractivity contribution >= 4 is 97.2 Å². The highest BCUT2D eigenvalue weighted by molar-refractivity contribution is 7.22. The lowest BCUT2D eigenvalue weighted by molar-refractivity contribution is 0.623. The Kier molecular flexibility index (Phi) is 5.50. The largest absolute Gasteiger partial charge is 0.440 e. The summed E-state index contributed by atoms with van der Waals surface area (Å²) in [7, 11) is -2.76. The first kappa shape index (κ1) is 27.0. The minimum absolute atomic E-state index is 0.000443. The van der Waals surface area contributed by atoms with Gasteiger partial charge in [0, 0.05) is 39.3 Å². The van der Waals surface area contributed by atoms with Crippen LogP contribution in [0.25, 0.3) is 11.0 Å². The molecule has 3 aliphatic heterocycles. The topological polar surface area (TPSA) is 19.6 Å². The Morgan fingerprint density at radius 3 is 1.78 bits per heavy atom. The Balaban J connectivity index is 1.31. The van der Waals surface area contributed by atoms with Crippen LogP contribution in [0.5, 0.6) is 0 Å². The van der Waals surface area contributed by atoms with Crippen LogP contribution in [-0.2, 0) is 0 Å². The maximum atomic E-state index is 6.88. The highest BCUT2D eigenvalue weighted by Crippen LogP contribution is 2.46. The van der Waals surface area contributed by atoms with Gasteiger partial charge in [-0.3, -0.25) is 4.90 Å². The molecule has 3 aliphatic rings. The smallest absolute Gasteiger partial charge is 0.257 e. The summed E-state index contributed by atoms with van der Waals surface area (Å²) in [6, 6.07) is 64.9. The van der Waals surface area contributed by atoms with E-state index in [-0.39, 0.29) is 6.71 Å². The van der Waals surface area contributed by atoms with E-state index in [9.17, 15) is 0 Å². The molecule has 7 aromatic carbocycles. The van der Waals surface area contributed by atoms with Crippen molar-refractivity contribution in [2.45, 2.75) is 0 Å². The molecule has 5 heteroatoms. The third kappa shape index (κ3) is 3.42. The number of nitrogens with zero attached hydrogens (tertiary/aromatic N) is 2. The molecule has 11 rings (SSSR count). The number of rotatable bonds is 3. The van der Waals surface area contributed by atoms with E-state index >= 15 is 0 Å². The van der Waals surface area contributed by atoms with Gasteiger partial charge in [0.25, 0.3) is 6.71 Å². The van der Waals surface area contributed by atoms with E-state index in [4.69, 9.17) is 4.42 Å². The Bertz CT molecular complexity index is 2550. The first-order valence-corrected chi connectivity index (χ1v) is 19.0. The van der Waals surface area contributed by atoms with Gasteiger partial charge < -0.3 is 9.32 Å². The zero-order valence-electron chi connectivity index (χ0n) is 26.6. The molecular formula is C44H29BN2OSi. The van der Waals surface area contributed by atoms with Crippen LogP contribution in [0.1, 0.15) is 0 Å². The summed E-state index contributed by atoms with van der Waals surface area (Å²) < 4.78 is 6.88. The van der Waals surface area contributed by atoms with Gasteiger partial charge in [-0.2, -0.15) is 0 Å². The first-order valence-electron chi connectivity index (χ1n) is 17.0. The molecule has 228 valence electrons. The molecule has 1 aromatic heterocycles. The van der Waals surface area contributed by atoms with Crippen molar-refractivity contribution in [3.05, 3.63) is 176 Å². The van der Waals surface area contributed by atoms with Gasteiger partial charge in [-0.15, -0.1) is 0 Å². The van der Waals surface area contributed by atoms with Crippen LogP contribution in [0.15, 0.2) is 180 Å². The maximum Gasteiger partial charge on any atom is 0.257 e. The van der Waals surface area contributed by atoms with Gasteiger partial charge in [-0.1, -0.05) is 140 Å². The van der Waals surface area contributed by atoms with Crippen molar-refractivity contribution in [2.24, 2.45) is 0 Å². The van der Waals surface area contributed by atoms with Crippen LogP contribution in [0, 0.1) is 0 Å². The standard InChI is InChI=1S/C44H29BN2OSi/c1-4-16-30(17-5-1)46-36-25-15-26-37-42(36)45(41-33-22-10-12-27-38(33)48-44(41)46)34-23-14-29-40-43(34)47(37)35-24-11-13-28-39(35)49(40,31-18-6-2-7-19-31)32-20-8-3-9-21-32/h1-29H. The molecule has 0 fully saturated rings. The van der Waals surface area contributed by atoms with E-state index in [1.54, 1.807) is 0 Å². The minimum Gasteiger partial charge on any atom is -0.440 e. The molecule has 0 bridgehead atoms. The van der Waals surface area contributed by atoms with Crippen LogP contribution >= 0.6 is 0 Å². The number of fused-ring (bicyclic) bond motifs is 8. The molecule has 0 N–H and O–H groups in total. The van der Waals surface area contributed by atoms with E-state index in [0.717, 1.165) is 22.8 Å². The van der Waals surface area contributed by atoms with E-state index in [0.29, 0.717) is 0 Å². The van der Waals surface area contributed by atoms with Gasteiger partial charge >= 0.3 is 0 Å². The van der Waals surface area contributed by atoms with E-state index < -0.39 is 8.07 Å². The molecular weight excluding hydrogens is 611 g/mol. The summed E-state index contributed by atoms with van der Waals surface area (Å²) in [4.78, 5) is 4.92. The van der Waals surface area contributed by atoms with Gasteiger partial charge in [-0.25, -0.2) is 0 Å². The predicted octanol–water partition coefficient (Wildman–Crippen LogP) is 6.21. The molecule has 8 aromatic rings. The van der Waals surface area contributed by atoms with Crippen molar-refractivity contribution in [3.8, 4) is 0 Å². The molecule has 0 amide bonds. The van der Waals surface area contributed by atoms with Crippen molar-refractivity contribution in [1.82, 2.24) is 0 Å². The number of furan rings is 1. The summed E-state index contributed by atoms with van der Waals surface area (Å²) in [6.07, 6.45) is 0. The minimum atomic E-state index is -2.76. The first-order chi connectivity index (χ1) is 24.4. The second-order valence-corrected chi connectivity index (χ2v) is 16.9. The molecule has 49 heavy (non-hydrogen) atoms. The quantitative estimate of drug-likeness (QED) is 0.215. The van der Waals surface area contributed by atoms with Crippen LogP contribution in [0.2, 0.25) is 0 Å². The lowest BCUT2D eigenvalue weighted by Crippen LogP contribution is -2.79. The molecule has 0 saturated carbocycles. The normalized spacial score (nSPS) is 14.6. The number of hydrogen-bond donors (Lipinski definition) is 0. The number of para-hydroxylation sites is 4. The van der Waals surface area contributed by atoms with Gasteiger partial charge in [-0.05, 0) is 68.1 Å². The lowest BCUT2D eigenvalue weighted by atomic mass is 9.33. The highest BCUT2D eigenvalue weighted by atomic mass is 28.3. The van der Waals surface area contributed by atoms with Crippen LogP contribution in [-0.4, -0.2) is 14.8 Å². The molecule has 0 radical (unpaired) electrons. The van der Waals surface area contributed by atoms with Crippen LogP contribution in [0.3, 0.4) is 0 Å². The Labute approximate surface area is 286 Å². The van der Waals surface area contributed by atoms with Gasteiger partial charge in [0.1, 0.15) is 5.58 Å². The fraction of sp³-hybridized carbons (Fsp3) is 0. The summed E-state index contributed by atoms with van der Waals surface area (Å²) in [5.74, 6) is 0.902. The van der Waals surface area contributed by atoms with Crippen molar-refractivity contribution in [1.29, 1.82) is 0 Å². The Morgan fingerprint density at radius 2 is 1.02 bits per heavy atom. The van der Waals surface area contributed by atoms with Crippen LogP contribution in [0.4, 0.5) is 34.3 Å². The Hall–Kier alpha value is -6.04. The third-order valence-electron chi connectivity index (χ3n) is 10.9. The fourth-order valence-corrected chi connectivity index (χ4v) is 14.3. The van der Waals surface area contributed by atoms with Crippen molar-refractivity contribution < 1.29 is 4.42 Å². The molecule has 0 unspecified atom stereocenters. The number of benzene rings is 7. The molecule has 3 nitrogen and oxygen atoms in total.